The molecular weight excluding hydrogens is 220 g/mol. The second kappa shape index (κ2) is 9.39. The fraction of sp³-hybridized carbons (Fsp3) is 0.917. The van der Waals surface area contributed by atoms with Gasteiger partial charge in [-0.2, -0.15) is 0 Å². The van der Waals surface area contributed by atoms with Crippen molar-refractivity contribution in [1.29, 1.82) is 0 Å². The van der Waals surface area contributed by atoms with Crippen molar-refractivity contribution in [2.45, 2.75) is 39.3 Å². The first-order chi connectivity index (χ1) is 7.97. The summed E-state index contributed by atoms with van der Waals surface area (Å²) in [5.41, 5.74) is 0. The summed E-state index contributed by atoms with van der Waals surface area (Å²) in [6.07, 6.45) is 0.399. The minimum atomic E-state index is -0.578. The topological polar surface area (TPSA) is 70.6 Å². The maximum Gasteiger partial charge on any atom is 0.236 e. The number of hydrogen-bond donors (Lipinski definition) is 3. The fourth-order valence-corrected chi connectivity index (χ4v) is 1.29. The third-order valence-electron chi connectivity index (χ3n) is 2.43. The summed E-state index contributed by atoms with van der Waals surface area (Å²) in [7, 11) is 1.53. The maximum atomic E-state index is 11.6. The van der Waals surface area contributed by atoms with Gasteiger partial charge in [-0.1, -0.05) is 13.8 Å². The van der Waals surface area contributed by atoms with E-state index >= 15 is 0 Å². The van der Waals surface area contributed by atoms with Gasteiger partial charge in [-0.15, -0.1) is 0 Å². The van der Waals surface area contributed by atoms with Crippen LogP contribution in [-0.4, -0.2) is 50.0 Å². The molecule has 2 unspecified atom stereocenters. The molecule has 0 rings (SSSR count). The van der Waals surface area contributed by atoms with Gasteiger partial charge in [-0.3, -0.25) is 4.79 Å². The third-order valence-corrected chi connectivity index (χ3v) is 2.43. The predicted octanol–water partition coefficient (Wildman–Crippen LogP) is 0.134. The van der Waals surface area contributed by atoms with E-state index in [0.29, 0.717) is 19.0 Å². The van der Waals surface area contributed by atoms with Crippen molar-refractivity contribution in [3.8, 4) is 0 Å². The van der Waals surface area contributed by atoms with Gasteiger partial charge in [-0.05, 0) is 19.3 Å². The van der Waals surface area contributed by atoms with Gasteiger partial charge in [0.05, 0.1) is 18.8 Å². The first-order valence-corrected chi connectivity index (χ1v) is 6.15. The molecule has 2 atom stereocenters. The highest BCUT2D eigenvalue weighted by Gasteiger charge is 2.13. The standard InChI is InChI=1S/C12H26N2O3/c1-9(2)5-6-13-12(16)10(3)14-7-11(15)8-17-4/h9-11,14-15H,5-8H2,1-4H3,(H,13,16). The Bertz CT molecular complexity index is 210. The van der Waals surface area contributed by atoms with E-state index in [1.165, 1.54) is 7.11 Å². The smallest absolute Gasteiger partial charge is 0.236 e. The molecule has 0 aromatic carbocycles. The molecule has 0 heterocycles. The predicted molar refractivity (Wildman–Crippen MR) is 67.8 cm³/mol. The lowest BCUT2D eigenvalue weighted by molar-refractivity contribution is -0.122. The summed E-state index contributed by atoms with van der Waals surface area (Å²) in [4.78, 5) is 11.6. The number of amides is 1. The van der Waals surface area contributed by atoms with Crippen LogP contribution in [0.25, 0.3) is 0 Å². The van der Waals surface area contributed by atoms with Crippen LogP contribution in [0, 0.1) is 5.92 Å². The Balaban J connectivity index is 3.67. The van der Waals surface area contributed by atoms with E-state index in [1.54, 1.807) is 6.92 Å². The summed E-state index contributed by atoms with van der Waals surface area (Å²) < 4.78 is 4.80. The van der Waals surface area contributed by atoms with Crippen molar-refractivity contribution < 1.29 is 14.6 Å². The molecule has 0 aliphatic heterocycles. The van der Waals surface area contributed by atoms with Crippen LogP contribution in [0.3, 0.4) is 0 Å². The highest BCUT2D eigenvalue weighted by atomic mass is 16.5. The van der Waals surface area contributed by atoms with E-state index in [4.69, 9.17) is 4.74 Å². The number of methoxy groups -OCH3 is 1. The Hall–Kier alpha value is -0.650. The Morgan fingerprint density at radius 3 is 2.53 bits per heavy atom. The van der Waals surface area contributed by atoms with E-state index in [-0.39, 0.29) is 18.6 Å². The molecule has 0 saturated heterocycles. The van der Waals surface area contributed by atoms with Gasteiger partial charge in [0.15, 0.2) is 0 Å². The quantitative estimate of drug-likeness (QED) is 0.541. The number of carbonyl (C=O) groups is 1. The van der Waals surface area contributed by atoms with E-state index in [0.717, 1.165) is 6.42 Å². The van der Waals surface area contributed by atoms with Crippen LogP contribution in [0.5, 0.6) is 0 Å². The van der Waals surface area contributed by atoms with Crippen LogP contribution in [0.4, 0.5) is 0 Å². The molecule has 0 aliphatic carbocycles. The third kappa shape index (κ3) is 9.09. The van der Waals surface area contributed by atoms with Crippen LogP contribution >= 0.6 is 0 Å². The first kappa shape index (κ1) is 16.4. The van der Waals surface area contributed by atoms with E-state index < -0.39 is 6.10 Å². The number of ether oxygens (including phenoxy) is 1. The molecule has 0 aliphatic rings. The largest absolute Gasteiger partial charge is 0.389 e. The second-order valence-corrected chi connectivity index (χ2v) is 4.71. The summed E-state index contributed by atoms with van der Waals surface area (Å²) in [6.45, 7) is 7.35. The molecule has 1 amide bonds. The lowest BCUT2D eigenvalue weighted by Crippen LogP contribution is -2.45. The van der Waals surface area contributed by atoms with Crippen LogP contribution in [-0.2, 0) is 9.53 Å². The highest BCUT2D eigenvalue weighted by Crippen LogP contribution is 1.96. The number of aliphatic hydroxyl groups excluding tert-OH is 1. The number of carbonyl (C=O) groups excluding carboxylic acids is 1. The second-order valence-electron chi connectivity index (χ2n) is 4.71. The number of hydrogen-bond acceptors (Lipinski definition) is 4. The Morgan fingerprint density at radius 2 is 2.00 bits per heavy atom. The van der Waals surface area contributed by atoms with E-state index in [9.17, 15) is 9.90 Å². The van der Waals surface area contributed by atoms with E-state index in [1.807, 2.05) is 0 Å². The van der Waals surface area contributed by atoms with Gasteiger partial charge >= 0.3 is 0 Å². The molecule has 0 bridgehead atoms. The molecule has 17 heavy (non-hydrogen) atoms. The van der Waals surface area contributed by atoms with Gasteiger partial charge in [0.2, 0.25) is 5.91 Å². The zero-order chi connectivity index (χ0) is 13.3. The summed E-state index contributed by atoms with van der Waals surface area (Å²) in [5, 5.41) is 15.2. The molecule has 0 aromatic rings. The Labute approximate surface area is 104 Å². The molecule has 0 fully saturated rings. The minimum Gasteiger partial charge on any atom is -0.389 e. The van der Waals surface area contributed by atoms with E-state index in [2.05, 4.69) is 24.5 Å². The number of rotatable bonds is 9. The molecular formula is C12H26N2O3. The van der Waals surface area contributed by atoms with Gasteiger partial charge in [0.1, 0.15) is 0 Å². The zero-order valence-corrected chi connectivity index (χ0v) is 11.3. The van der Waals surface area contributed by atoms with Crippen LogP contribution < -0.4 is 10.6 Å². The summed E-state index contributed by atoms with van der Waals surface area (Å²) >= 11 is 0. The monoisotopic (exact) mass is 246 g/mol. The molecule has 0 aromatic heterocycles. The van der Waals surface area contributed by atoms with Gasteiger partial charge < -0.3 is 20.5 Å². The minimum absolute atomic E-state index is 0.0322. The normalized spacial score (nSPS) is 14.7. The summed E-state index contributed by atoms with van der Waals surface area (Å²) in [5.74, 6) is 0.553. The zero-order valence-electron chi connectivity index (χ0n) is 11.3. The maximum absolute atomic E-state index is 11.6. The van der Waals surface area contributed by atoms with Crippen LogP contribution in [0.2, 0.25) is 0 Å². The molecule has 5 nitrogen and oxygen atoms in total. The molecule has 0 radical (unpaired) electrons. The van der Waals surface area contributed by atoms with Crippen LogP contribution in [0.15, 0.2) is 0 Å². The van der Waals surface area contributed by atoms with Crippen molar-refractivity contribution >= 4 is 5.91 Å². The van der Waals surface area contributed by atoms with Crippen molar-refractivity contribution in [3.05, 3.63) is 0 Å². The first-order valence-electron chi connectivity index (χ1n) is 6.15. The lowest BCUT2D eigenvalue weighted by Gasteiger charge is -2.16. The molecule has 0 spiro atoms. The molecule has 3 N–H and O–H groups in total. The molecule has 5 heteroatoms. The average molecular weight is 246 g/mol. The van der Waals surface area contributed by atoms with Gasteiger partial charge in [0.25, 0.3) is 0 Å². The summed E-state index contributed by atoms with van der Waals surface area (Å²) in [6, 6.07) is -0.298. The Morgan fingerprint density at radius 1 is 1.35 bits per heavy atom. The number of nitrogens with one attached hydrogen (secondary N) is 2. The number of aliphatic hydroxyl groups is 1. The van der Waals surface area contributed by atoms with Crippen molar-refractivity contribution in [3.63, 3.8) is 0 Å². The van der Waals surface area contributed by atoms with Crippen molar-refractivity contribution in [2.75, 3.05) is 26.8 Å². The Kier molecular flexibility index (Phi) is 9.03. The van der Waals surface area contributed by atoms with Gasteiger partial charge in [0, 0.05) is 20.2 Å². The van der Waals surface area contributed by atoms with Crippen molar-refractivity contribution in [1.82, 2.24) is 10.6 Å². The fourth-order valence-electron chi connectivity index (χ4n) is 1.29. The molecule has 0 saturated carbocycles. The molecule has 102 valence electrons. The SMILES string of the molecule is COCC(O)CNC(C)C(=O)NCCC(C)C. The lowest BCUT2D eigenvalue weighted by atomic mass is 10.1. The highest BCUT2D eigenvalue weighted by molar-refractivity contribution is 5.81. The van der Waals surface area contributed by atoms with Gasteiger partial charge in [-0.25, -0.2) is 0 Å². The van der Waals surface area contributed by atoms with Crippen molar-refractivity contribution in [2.24, 2.45) is 5.92 Å². The average Bonchev–Trinajstić information content (AvgIpc) is 2.25. The van der Waals surface area contributed by atoms with Crippen LogP contribution in [0.1, 0.15) is 27.2 Å².